The van der Waals surface area contributed by atoms with Crippen LogP contribution in [0, 0.1) is 0 Å². The molecule has 3 heteroatoms. The molecule has 0 aliphatic carbocycles. The van der Waals surface area contributed by atoms with Crippen LogP contribution in [0.3, 0.4) is 0 Å². The minimum Gasteiger partial charge on any atom is -0.375 e. The van der Waals surface area contributed by atoms with E-state index in [1.807, 2.05) is 0 Å². The Morgan fingerprint density at radius 1 is 1.14 bits per heavy atom. The summed E-state index contributed by atoms with van der Waals surface area (Å²) in [6.45, 7) is 5.52. The molecular formula is C18H22N2S. The average molecular weight is 298 g/mol. The fourth-order valence-electron chi connectivity index (χ4n) is 2.53. The van der Waals surface area contributed by atoms with E-state index in [4.69, 9.17) is 4.98 Å². The Kier molecular flexibility index (Phi) is 4.39. The number of aromatic nitrogens is 1. The highest BCUT2D eigenvalue weighted by atomic mass is 32.1. The molecule has 0 unspecified atom stereocenters. The third kappa shape index (κ3) is 3.53. The predicted molar refractivity (Wildman–Crippen MR) is 93.0 cm³/mol. The van der Waals surface area contributed by atoms with Crippen molar-refractivity contribution in [3.05, 3.63) is 46.1 Å². The predicted octanol–water partition coefficient (Wildman–Crippen LogP) is 5.19. The quantitative estimate of drug-likeness (QED) is 0.844. The number of fused-ring (bicyclic) bond motifs is 1. The Labute approximate surface area is 130 Å². The van der Waals surface area contributed by atoms with Crippen LogP contribution in [0.1, 0.15) is 54.4 Å². The van der Waals surface area contributed by atoms with Crippen LogP contribution >= 0.6 is 11.3 Å². The Morgan fingerprint density at radius 2 is 1.95 bits per heavy atom. The van der Waals surface area contributed by atoms with Crippen molar-refractivity contribution >= 4 is 28.5 Å². The fourth-order valence-corrected chi connectivity index (χ4v) is 3.47. The molecule has 2 aromatic rings. The van der Waals surface area contributed by atoms with E-state index >= 15 is 0 Å². The van der Waals surface area contributed by atoms with Crippen LogP contribution in [0.25, 0.3) is 12.2 Å². The van der Waals surface area contributed by atoms with E-state index in [1.54, 1.807) is 11.3 Å². The first kappa shape index (κ1) is 14.3. The van der Waals surface area contributed by atoms with Crippen LogP contribution < -0.4 is 5.32 Å². The lowest BCUT2D eigenvalue weighted by Crippen LogP contribution is -1.96. The Morgan fingerprint density at radius 3 is 2.71 bits per heavy atom. The van der Waals surface area contributed by atoms with E-state index in [1.165, 1.54) is 34.7 Å². The number of nitrogens with zero attached hydrogens (tertiary/aromatic N) is 1. The number of nitrogens with one attached hydrogen (secondary N) is 1. The van der Waals surface area contributed by atoms with Gasteiger partial charge in [0.25, 0.3) is 0 Å². The zero-order valence-corrected chi connectivity index (χ0v) is 13.5. The number of thiazole rings is 1. The molecule has 0 spiro atoms. The molecule has 0 bridgehead atoms. The molecule has 21 heavy (non-hydrogen) atoms. The number of aryl methyl sites for hydroxylation is 1. The summed E-state index contributed by atoms with van der Waals surface area (Å²) >= 11 is 1.77. The normalized spacial score (nSPS) is 15.0. The number of rotatable bonds is 3. The van der Waals surface area contributed by atoms with Gasteiger partial charge in [0.1, 0.15) is 10.0 Å². The maximum Gasteiger partial charge on any atom is 0.118 e. The molecule has 1 N–H and O–H groups in total. The third-order valence-electron chi connectivity index (χ3n) is 3.86. The summed E-state index contributed by atoms with van der Waals surface area (Å²) < 4.78 is 0. The van der Waals surface area contributed by atoms with Gasteiger partial charge in [-0.15, -0.1) is 0 Å². The summed E-state index contributed by atoms with van der Waals surface area (Å²) in [6.07, 6.45) is 7.88. The third-order valence-corrected chi connectivity index (χ3v) is 4.88. The molecular weight excluding hydrogens is 276 g/mol. The van der Waals surface area contributed by atoms with Crippen LogP contribution in [0.5, 0.6) is 0 Å². The second kappa shape index (κ2) is 6.44. The lowest BCUT2D eigenvalue weighted by Gasteiger charge is -2.04. The Hall–Kier alpha value is -1.61. The van der Waals surface area contributed by atoms with Crippen molar-refractivity contribution in [2.24, 2.45) is 0 Å². The monoisotopic (exact) mass is 298 g/mol. The van der Waals surface area contributed by atoms with E-state index in [0.717, 1.165) is 18.0 Å². The summed E-state index contributed by atoms with van der Waals surface area (Å²) in [5, 5.41) is 5.85. The van der Waals surface area contributed by atoms with Gasteiger partial charge < -0.3 is 5.32 Å². The molecule has 0 atom stereocenters. The SMILES string of the molecule is CC(C)c1ccc(/C=C/c2nc3c(s2)NCCCC3)cc1. The highest BCUT2D eigenvalue weighted by Crippen LogP contribution is 2.29. The van der Waals surface area contributed by atoms with Crippen molar-refractivity contribution in [1.29, 1.82) is 0 Å². The molecule has 3 rings (SSSR count). The lowest BCUT2D eigenvalue weighted by atomic mass is 10.0. The van der Waals surface area contributed by atoms with Gasteiger partial charge in [-0.05, 0) is 42.4 Å². The highest BCUT2D eigenvalue weighted by Gasteiger charge is 2.12. The molecule has 0 amide bonds. The van der Waals surface area contributed by atoms with Crippen molar-refractivity contribution in [2.75, 3.05) is 11.9 Å². The van der Waals surface area contributed by atoms with Gasteiger partial charge >= 0.3 is 0 Å². The van der Waals surface area contributed by atoms with Crippen LogP contribution in [0.4, 0.5) is 5.00 Å². The number of benzene rings is 1. The lowest BCUT2D eigenvalue weighted by molar-refractivity contribution is 0.774. The Bertz CT molecular complexity index is 600. The summed E-state index contributed by atoms with van der Waals surface area (Å²) in [6, 6.07) is 8.79. The maximum atomic E-state index is 4.74. The smallest absolute Gasteiger partial charge is 0.118 e. The van der Waals surface area contributed by atoms with Gasteiger partial charge in [0.2, 0.25) is 0 Å². The van der Waals surface area contributed by atoms with Crippen molar-refractivity contribution in [3.8, 4) is 0 Å². The number of anilines is 1. The molecule has 1 aromatic heterocycles. The van der Waals surface area contributed by atoms with Crippen LogP contribution in [0.15, 0.2) is 24.3 Å². The molecule has 1 aromatic carbocycles. The first-order valence-electron chi connectivity index (χ1n) is 7.74. The van der Waals surface area contributed by atoms with Gasteiger partial charge in [-0.25, -0.2) is 4.98 Å². The average Bonchev–Trinajstić information content (AvgIpc) is 2.75. The van der Waals surface area contributed by atoms with E-state index in [2.05, 4.69) is 55.6 Å². The summed E-state index contributed by atoms with van der Waals surface area (Å²) in [7, 11) is 0. The summed E-state index contributed by atoms with van der Waals surface area (Å²) in [4.78, 5) is 4.74. The van der Waals surface area contributed by atoms with Gasteiger partial charge in [-0.2, -0.15) is 0 Å². The second-order valence-corrected chi connectivity index (χ2v) is 6.90. The van der Waals surface area contributed by atoms with E-state index < -0.39 is 0 Å². The van der Waals surface area contributed by atoms with E-state index in [9.17, 15) is 0 Å². The zero-order valence-electron chi connectivity index (χ0n) is 12.7. The minimum atomic E-state index is 0.587. The standard InChI is InChI=1S/C18H22N2S/c1-13(2)15-9-6-14(7-10-15)8-11-17-20-16-5-3-4-12-19-18(16)21-17/h6-11,13,19H,3-5,12H2,1-2H3/b11-8+. The van der Waals surface area contributed by atoms with Crippen LogP contribution in [-0.2, 0) is 6.42 Å². The van der Waals surface area contributed by atoms with Crippen LogP contribution in [0.2, 0.25) is 0 Å². The van der Waals surface area contributed by atoms with Crippen molar-refractivity contribution in [1.82, 2.24) is 4.98 Å². The van der Waals surface area contributed by atoms with E-state index in [0.29, 0.717) is 5.92 Å². The molecule has 2 heterocycles. The topological polar surface area (TPSA) is 24.9 Å². The highest BCUT2D eigenvalue weighted by molar-refractivity contribution is 7.16. The molecule has 0 radical (unpaired) electrons. The molecule has 2 nitrogen and oxygen atoms in total. The first-order valence-corrected chi connectivity index (χ1v) is 8.55. The van der Waals surface area contributed by atoms with Gasteiger partial charge in [-0.3, -0.25) is 0 Å². The second-order valence-electron chi connectivity index (χ2n) is 5.87. The first-order chi connectivity index (χ1) is 10.2. The maximum absolute atomic E-state index is 4.74. The van der Waals surface area contributed by atoms with Gasteiger partial charge in [0.05, 0.1) is 5.69 Å². The van der Waals surface area contributed by atoms with Gasteiger partial charge in [0, 0.05) is 6.54 Å². The van der Waals surface area contributed by atoms with Crippen LogP contribution in [-0.4, -0.2) is 11.5 Å². The zero-order chi connectivity index (χ0) is 14.7. The fraction of sp³-hybridized carbons (Fsp3) is 0.389. The summed E-state index contributed by atoms with van der Waals surface area (Å²) in [5.41, 5.74) is 3.86. The molecule has 0 saturated heterocycles. The Balaban J connectivity index is 1.73. The largest absolute Gasteiger partial charge is 0.375 e. The van der Waals surface area contributed by atoms with Crippen molar-refractivity contribution in [3.63, 3.8) is 0 Å². The minimum absolute atomic E-state index is 0.587. The van der Waals surface area contributed by atoms with Gasteiger partial charge in [-0.1, -0.05) is 55.5 Å². The van der Waals surface area contributed by atoms with Gasteiger partial charge in [0.15, 0.2) is 0 Å². The summed E-state index contributed by atoms with van der Waals surface area (Å²) in [5.74, 6) is 0.587. The molecule has 1 aliphatic rings. The number of hydrogen-bond donors (Lipinski definition) is 1. The molecule has 1 aliphatic heterocycles. The molecule has 110 valence electrons. The van der Waals surface area contributed by atoms with E-state index in [-0.39, 0.29) is 0 Å². The molecule has 0 saturated carbocycles. The molecule has 0 fully saturated rings. The van der Waals surface area contributed by atoms with Crippen molar-refractivity contribution in [2.45, 2.75) is 39.0 Å². The van der Waals surface area contributed by atoms with Crippen molar-refractivity contribution < 1.29 is 0 Å². The number of hydrogen-bond acceptors (Lipinski definition) is 3.